The fraction of sp³-hybridized carbons (Fsp3) is 0.385. The first kappa shape index (κ1) is 28.2. The standard InChI is InChI=1S/C26H30N6O3S2/c1-3-30(4-2)19-20-32(26-29-23-9-5-6-10-24(23)36-26)25(33)21-11-13-22(14-12-21)37(34,35)31(17-7-15-27)18-8-16-28/h5-6,9-14H,3-4,7-8,17-20H2,1-2H3. The van der Waals surface area contributed by atoms with E-state index in [0.717, 1.165) is 27.6 Å². The first-order valence-electron chi connectivity index (χ1n) is 12.1. The Kier molecular flexibility index (Phi) is 10.1. The first-order valence-corrected chi connectivity index (χ1v) is 14.3. The third-order valence-corrected chi connectivity index (χ3v) is 8.95. The van der Waals surface area contributed by atoms with E-state index in [-0.39, 0.29) is 36.7 Å². The van der Waals surface area contributed by atoms with E-state index in [4.69, 9.17) is 10.5 Å². The van der Waals surface area contributed by atoms with Crippen molar-refractivity contribution in [1.29, 1.82) is 10.5 Å². The second-order valence-corrected chi connectivity index (χ2v) is 11.1. The topological polar surface area (TPSA) is 121 Å². The number of carbonyl (C=O) groups excluding carboxylic acids is 1. The lowest BCUT2D eigenvalue weighted by Gasteiger charge is -2.25. The van der Waals surface area contributed by atoms with E-state index in [0.29, 0.717) is 23.8 Å². The lowest BCUT2D eigenvalue weighted by molar-refractivity contribution is 0.0983. The summed E-state index contributed by atoms with van der Waals surface area (Å²) in [6.07, 6.45) is 0.0375. The van der Waals surface area contributed by atoms with E-state index in [1.807, 2.05) is 36.4 Å². The van der Waals surface area contributed by atoms with Gasteiger partial charge in [0.1, 0.15) is 0 Å². The largest absolute Gasteiger partial charge is 0.302 e. The van der Waals surface area contributed by atoms with Crippen molar-refractivity contribution >= 4 is 42.6 Å². The molecule has 0 N–H and O–H groups in total. The Labute approximate surface area is 222 Å². The molecule has 0 spiro atoms. The van der Waals surface area contributed by atoms with Crippen LogP contribution in [0, 0.1) is 22.7 Å². The smallest absolute Gasteiger partial charge is 0.260 e. The summed E-state index contributed by atoms with van der Waals surface area (Å²) in [5.41, 5.74) is 1.16. The molecule has 3 aromatic rings. The van der Waals surface area contributed by atoms with Crippen LogP contribution in [0.4, 0.5) is 5.13 Å². The van der Waals surface area contributed by atoms with Crippen molar-refractivity contribution in [1.82, 2.24) is 14.2 Å². The van der Waals surface area contributed by atoms with Crippen molar-refractivity contribution in [3.05, 3.63) is 54.1 Å². The third kappa shape index (κ3) is 6.90. The molecule has 1 heterocycles. The number of para-hydroxylation sites is 1. The number of amides is 1. The molecule has 0 unspecified atom stereocenters. The van der Waals surface area contributed by atoms with Crippen LogP contribution >= 0.6 is 11.3 Å². The minimum atomic E-state index is -3.92. The number of carbonyl (C=O) groups is 1. The Balaban J connectivity index is 1.89. The van der Waals surface area contributed by atoms with Gasteiger partial charge in [0, 0.05) is 44.6 Å². The highest BCUT2D eigenvalue weighted by Gasteiger charge is 2.26. The van der Waals surface area contributed by atoms with Crippen LogP contribution in [0.1, 0.15) is 37.0 Å². The summed E-state index contributed by atoms with van der Waals surface area (Å²) in [4.78, 5) is 22.2. The molecular weight excluding hydrogens is 508 g/mol. The van der Waals surface area contributed by atoms with Gasteiger partial charge in [-0.15, -0.1) is 0 Å². The summed E-state index contributed by atoms with van der Waals surface area (Å²) in [7, 11) is -3.92. The van der Waals surface area contributed by atoms with Gasteiger partial charge in [-0.25, -0.2) is 13.4 Å². The number of hydrogen-bond donors (Lipinski definition) is 0. The number of anilines is 1. The molecule has 1 amide bonds. The van der Waals surface area contributed by atoms with Crippen LogP contribution in [0.2, 0.25) is 0 Å². The number of fused-ring (bicyclic) bond motifs is 1. The molecule has 0 aliphatic rings. The van der Waals surface area contributed by atoms with Crippen LogP contribution < -0.4 is 4.90 Å². The second-order valence-electron chi connectivity index (χ2n) is 8.19. The van der Waals surface area contributed by atoms with Gasteiger partial charge >= 0.3 is 0 Å². The monoisotopic (exact) mass is 538 g/mol. The second kappa shape index (κ2) is 13.3. The Morgan fingerprint density at radius 2 is 1.54 bits per heavy atom. The van der Waals surface area contributed by atoms with Crippen LogP contribution in [0.5, 0.6) is 0 Å². The van der Waals surface area contributed by atoms with Gasteiger partial charge in [-0.3, -0.25) is 9.69 Å². The maximum atomic E-state index is 13.6. The predicted octanol–water partition coefficient (Wildman–Crippen LogP) is 4.10. The van der Waals surface area contributed by atoms with E-state index < -0.39 is 10.0 Å². The zero-order valence-corrected chi connectivity index (χ0v) is 22.6. The maximum absolute atomic E-state index is 13.6. The molecule has 0 aliphatic carbocycles. The van der Waals surface area contributed by atoms with Gasteiger partial charge in [0.15, 0.2) is 5.13 Å². The fourth-order valence-electron chi connectivity index (χ4n) is 3.82. The molecule has 0 atom stereocenters. The quantitative estimate of drug-likeness (QED) is 0.321. The van der Waals surface area contributed by atoms with Gasteiger partial charge in [0.25, 0.3) is 5.91 Å². The predicted molar refractivity (Wildman–Crippen MR) is 145 cm³/mol. The lowest BCUT2D eigenvalue weighted by Crippen LogP contribution is -2.39. The van der Waals surface area contributed by atoms with Gasteiger partial charge in [0.05, 0.1) is 27.3 Å². The van der Waals surface area contributed by atoms with E-state index >= 15 is 0 Å². The van der Waals surface area contributed by atoms with E-state index in [2.05, 4.69) is 23.7 Å². The summed E-state index contributed by atoms with van der Waals surface area (Å²) in [5, 5.41) is 18.4. The van der Waals surface area contributed by atoms with Crippen LogP contribution in [-0.2, 0) is 10.0 Å². The van der Waals surface area contributed by atoms with Crippen molar-refractivity contribution in [2.24, 2.45) is 0 Å². The van der Waals surface area contributed by atoms with Gasteiger partial charge < -0.3 is 4.90 Å². The highest BCUT2D eigenvalue weighted by Crippen LogP contribution is 2.30. The molecular formula is C26H30N6O3S2. The number of nitrogens with zero attached hydrogens (tertiary/aromatic N) is 6. The van der Waals surface area contributed by atoms with Crippen LogP contribution in [0.25, 0.3) is 10.2 Å². The van der Waals surface area contributed by atoms with Crippen LogP contribution in [-0.4, -0.2) is 67.8 Å². The Hall–Kier alpha value is -3.35. The molecule has 9 nitrogen and oxygen atoms in total. The first-order chi connectivity index (χ1) is 17.8. The molecule has 2 aromatic carbocycles. The van der Waals surface area contributed by atoms with Gasteiger partial charge in [-0.05, 0) is 49.5 Å². The van der Waals surface area contributed by atoms with Gasteiger partial charge in [-0.1, -0.05) is 37.3 Å². The summed E-state index contributed by atoms with van der Waals surface area (Å²) >= 11 is 1.44. The molecule has 0 saturated heterocycles. The number of benzene rings is 2. The van der Waals surface area contributed by atoms with Gasteiger partial charge in [0.2, 0.25) is 10.0 Å². The number of hydrogen-bond acceptors (Lipinski definition) is 8. The molecule has 0 saturated carbocycles. The Morgan fingerprint density at radius 1 is 0.919 bits per heavy atom. The van der Waals surface area contributed by atoms with E-state index in [1.165, 1.54) is 35.6 Å². The summed E-state index contributed by atoms with van der Waals surface area (Å²) in [5.74, 6) is -0.263. The molecule has 0 radical (unpaired) electrons. The SMILES string of the molecule is CCN(CC)CCN(C(=O)c1ccc(S(=O)(=O)N(CCC#N)CCC#N)cc1)c1nc2ccccc2s1. The summed E-state index contributed by atoms with van der Waals surface area (Å²) in [6, 6.07) is 17.4. The Bertz CT molecular complexity index is 1340. The fourth-order valence-corrected chi connectivity index (χ4v) is 6.25. The molecule has 0 fully saturated rings. The molecule has 37 heavy (non-hydrogen) atoms. The number of rotatable bonds is 13. The van der Waals surface area contributed by atoms with Gasteiger partial charge in [-0.2, -0.15) is 14.8 Å². The maximum Gasteiger partial charge on any atom is 0.260 e. The van der Waals surface area contributed by atoms with Crippen molar-refractivity contribution in [3.63, 3.8) is 0 Å². The molecule has 194 valence electrons. The van der Waals surface area contributed by atoms with Crippen molar-refractivity contribution in [2.75, 3.05) is 44.2 Å². The lowest BCUT2D eigenvalue weighted by atomic mass is 10.2. The normalized spacial score (nSPS) is 11.5. The molecule has 1 aromatic heterocycles. The number of likely N-dealkylation sites (N-methyl/N-ethyl adjacent to an activating group) is 1. The highest BCUT2D eigenvalue weighted by molar-refractivity contribution is 7.89. The average Bonchev–Trinajstić information content (AvgIpc) is 3.35. The number of thiazole rings is 1. The minimum absolute atomic E-state index is 0.00205. The summed E-state index contributed by atoms with van der Waals surface area (Å²) in [6.45, 7) is 6.98. The average molecular weight is 539 g/mol. The van der Waals surface area contributed by atoms with Crippen molar-refractivity contribution < 1.29 is 13.2 Å². The van der Waals surface area contributed by atoms with E-state index in [1.54, 1.807) is 4.90 Å². The molecule has 0 bridgehead atoms. The molecule has 0 aliphatic heterocycles. The highest BCUT2D eigenvalue weighted by atomic mass is 32.2. The zero-order valence-electron chi connectivity index (χ0n) is 21.0. The number of sulfonamides is 1. The number of aromatic nitrogens is 1. The van der Waals surface area contributed by atoms with Crippen molar-refractivity contribution in [2.45, 2.75) is 31.6 Å². The Morgan fingerprint density at radius 3 is 2.11 bits per heavy atom. The molecule has 3 rings (SSSR count). The third-order valence-electron chi connectivity index (χ3n) is 5.98. The van der Waals surface area contributed by atoms with Crippen LogP contribution in [0.15, 0.2) is 53.4 Å². The molecule has 11 heteroatoms. The summed E-state index contributed by atoms with van der Waals surface area (Å²) < 4.78 is 28.4. The number of nitriles is 2. The van der Waals surface area contributed by atoms with Crippen molar-refractivity contribution in [3.8, 4) is 12.1 Å². The zero-order chi connectivity index (χ0) is 26.8. The van der Waals surface area contributed by atoms with E-state index in [9.17, 15) is 13.2 Å². The van der Waals surface area contributed by atoms with Crippen LogP contribution in [0.3, 0.4) is 0 Å². The minimum Gasteiger partial charge on any atom is -0.302 e.